The first-order valence-corrected chi connectivity index (χ1v) is 5.59. The topological polar surface area (TPSA) is 48.1 Å². The van der Waals surface area contributed by atoms with Gasteiger partial charge in [-0.1, -0.05) is 30.3 Å². The molecule has 2 N–H and O–H groups in total. The Hall–Kier alpha value is -1.87. The summed E-state index contributed by atoms with van der Waals surface area (Å²) in [6.07, 6.45) is 2.55. The molecular weight excluding hydrogens is 212 g/mol. The maximum atomic E-state index is 5.68. The standard InChI is InChI=1S/C14H16N2O/c1-17-14-10-16-13(8-12(14)9-15)7-11-5-3-2-4-6-11/h2-6,8,10H,7,9,15H2,1H3. The van der Waals surface area contributed by atoms with Gasteiger partial charge >= 0.3 is 0 Å². The van der Waals surface area contributed by atoms with E-state index >= 15 is 0 Å². The monoisotopic (exact) mass is 228 g/mol. The van der Waals surface area contributed by atoms with E-state index in [1.165, 1.54) is 5.56 Å². The number of ether oxygens (including phenoxy) is 1. The Morgan fingerprint density at radius 3 is 2.65 bits per heavy atom. The van der Waals surface area contributed by atoms with E-state index in [4.69, 9.17) is 10.5 Å². The van der Waals surface area contributed by atoms with E-state index in [-0.39, 0.29) is 0 Å². The summed E-state index contributed by atoms with van der Waals surface area (Å²) in [6.45, 7) is 0.466. The lowest BCUT2D eigenvalue weighted by Crippen LogP contribution is -2.03. The average Bonchev–Trinajstić information content (AvgIpc) is 2.40. The minimum absolute atomic E-state index is 0.466. The molecule has 0 amide bonds. The fourth-order valence-electron chi connectivity index (χ4n) is 1.78. The molecule has 0 bridgehead atoms. The summed E-state index contributed by atoms with van der Waals surface area (Å²) in [5.74, 6) is 0.754. The highest BCUT2D eigenvalue weighted by molar-refractivity contribution is 5.34. The third-order valence-electron chi connectivity index (χ3n) is 2.67. The lowest BCUT2D eigenvalue weighted by molar-refractivity contribution is 0.407. The van der Waals surface area contributed by atoms with Crippen molar-refractivity contribution in [3.63, 3.8) is 0 Å². The molecule has 0 unspecified atom stereocenters. The van der Waals surface area contributed by atoms with Crippen molar-refractivity contribution in [2.75, 3.05) is 7.11 Å². The first kappa shape index (κ1) is 11.6. The number of methoxy groups -OCH3 is 1. The number of rotatable bonds is 4. The molecular formula is C14H16N2O. The summed E-state index contributed by atoms with van der Waals surface area (Å²) in [7, 11) is 1.63. The third kappa shape index (κ3) is 2.82. The molecule has 3 heteroatoms. The van der Waals surface area contributed by atoms with Crippen LogP contribution in [0, 0.1) is 0 Å². The number of nitrogens with zero attached hydrogens (tertiary/aromatic N) is 1. The Morgan fingerprint density at radius 2 is 2.00 bits per heavy atom. The SMILES string of the molecule is COc1cnc(Cc2ccccc2)cc1CN. The lowest BCUT2D eigenvalue weighted by Gasteiger charge is -2.08. The predicted octanol–water partition coefficient (Wildman–Crippen LogP) is 2.14. The van der Waals surface area contributed by atoms with E-state index in [0.717, 1.165) is 23.4 Å². The average molecular weight is 228 g/mol. The van der Waals surface area contributed by atoms with Crippen molar-refractivity contribution < 1.29 is 4.74 Å². The quantitative estimate of drug-likeness (QED) is 0.872. The summed E-state index contributed by atoms with van der Waals surface area (Å²) in [6, 6.07) is 12.3. The van der Waals surface area contributed by atoms with Gasteiger partial charge < -0.3 is 10.5 Å². The van der Waals surface area contributed by atoms with Gasteiger partial charge in [-0.2, -0.15) is 0 Å². The normalized spacial score (nSPS) is 10.2. The van der Waals surface area contributed by atoms with E-state index in [1.54, 1.807) is 13.3 Å². The summed E-state index contributed by atoms with van der Waals surface area (Å²) in [5.41, 5.74) is 8.93. The lowest BCUT2D eigenvalue weighted by atomic mass is 10.1. The molecule has 0 saturated carbocycles. The van der Waals surface area contributed by atoms with Gasteiger partial charge in [-0.05, 0) is 11.6 Å². The van der Waals surface area contributed by atoms with Gasteiger partial charge in [-0.25, -0.2) is 0 Å². The Kier molecular flexibility index (Phi) is 3.73. The Labute approximate surface area is 101 Å². The number of aromatic nitrogens is 1. The molecule has 0 saturated heterocycles. The maximum absolute atomic E-state index is 5.68. The maximum Gasteiger partial charge on any atom is 0.141 e. The molecule has 0 radical (unpaired) electrons. The molecule has 0 atom stereocenters. The van der Waals surface area contributed by atoms with E-state index in [1.807, 2.05) is 24.3 Å². The fraction of sp³-hybridized carbons (Fsp3) is 0.214. The summed E-state index contributed by atoms with van der Waals surface area (Å²) in [4.78, 5) is 4.37. The van der Waals surface area contributed by atoms with Gasteiger partial charge in [-0.3, -0.25) is 4.98 Å². The van der Waals surface area contributed by atoms with E-state index < -0.39 is 0 Å². The van der Waals surface area contributed by atoms with Crippen LogP contribution < -0.4 is 10.5 Å². The van der Waals surface area contributed by atoms with Crippen LogP contribution in [-0.2, 0) is 13.0 Å². The minimum atomic E-state index is 0.466. The van der Waals surface area contributed by atoms with Crippen molar-refractivity contribution in [2.45, 2.75) is 13.0 Å². The van der Waals surface area contributed by atoms with Crippen molar-refractivity contribution in [2.24, 2.45) is 5.73 Å². The molecule has 1 aromatic heterocycles. The van der Waals surface area contributed by atoms with Crippen LogP contribution in [0.4, 0.5) is 0 Å². The second kappa shape index (κ2) is 5.46. The van der Waals surface area contributed by atoms with Crippen LogP contribution in [0.1, 0.15) is 16.8 Å². The first-order valence-electron chi connectivity index (χ1n) is 5.59. The zero-order chi connectivity index (χ0) is 12.1. The number of hydrogen-bond donors (Lipinski definition) is 1. The van der Waals surface area contributed by atoms with Crippen LogP contribution in [-0.4, -0.2) is 12.1 Å². The van der Waals surface area contributed by atoms with E-state index in [0.29, 0.717) is 6.54 Å². The second-order valence-electron chi connectivity index (χ2n) is 3.85. The van der Waals surface area contributed by atoms with E-state index in [9.17, 15) is 0 Å². The van der Waals surface area contributed by atoms with Gasteiger partial charge in [0.05, 0.1) is 13.3 Å². The molecule has 3 nitrogen and oxygen atoms in total. The van der Waals surface area contributed by atoms with Crippen LogP contribution in [0.5, 0.6) is 5.75 Å². The molecule has 2 rings (SSSR count). The van der Waals surface area contributed by atoms with E-state index in [2.05, 4.69) is 17.1 Å². The predicted molar refractivity (Wildman–Crippen MR) is 67.9 cm³/mol. The smallest absolute Gasteiger partial charge is 0.141 e. The van der Waals surface area contributed by atoms with Gasteiger partial charge in [0.2, 0.25) is 0 Å². The minimum Gasteiger partial charge on any atom is -0.495 e. The molecule has 0 aliphatic rings. The molecule has 17 heavy (non-hydrogen) atoms. The fourth-order valence-corrected chi connectivity index (χ4v) is 1.78. The number of pyridine rings is 1. The zero-order valence-electron chi connectivity index (χ0n) is 9.89. The van der Waals surface area contributed by atoms with Crippen LogP contribution in [0.15, 0.2) is 42.6 Å². The summed E-state index contributed by atoms with van der Waals surface area (Å²) < 4.78 is 5.20. The van der Waals surface area contributed by atoms with Crippen molar-refractivity contribution in [1.29, 1.82) is 0 Å². The highest BCUT2D eigenvalue weighted by atomic mass is 16.5. The Balaban J connectivity index is 2.22. The molecule has 1 aromatic carbocycles. The van der Waals surface area contributed by atoms with Crippen LogP contribution in [0.3, 0.4) is 0 Å². The van der Waals surface area contributed by atoms with Crippen molar-refractivity contribution in [3.05, 3.63) is 59.4 Å². The molecule has 0 fully saturated rings. The molecule has 1 heterocycles. The number of nitrogens with two attached hydrogens (primary N) is 1. The van der Waals surface area contributed by atoms with Gasteiger partial charge in [0, 0.05) is 24.2 Å². The highest BCUT2D eigenvalue weighted by Gasteiger charge is 2.04. The van der Waals surface area contributed by atoms with Crippen LogP contribution >= 0.6 is 0 Å². The van der Waals surface area contributed by atoms with Crippen LogP contribution in [0.25, 0.3) is 0 Å². The summed E-state index contributed by atoms with van der Waals surface area (Å²) in [5, 5.41) is 0. The highest BCUT2D eigenvalue weighted by Crippen LogP contribution is 2.18. The second-order valence-corrected chi connectivity index (χ2v) is 3.85. The summed E-state index contributed by atoms with van der Waals surface area (Å²) >= 11 is 0. The van der Waals surface area contributed by atoms with Gasteiger partial charge in [0.25, 0.3) is 0 Å². The van der Waals surface area contributed by atoms with Crippen molar-refractivity contribution in [1.82, 2.24) is 4.98 Å². The van der Waals surface area contributed by atoms with Crippen molar-refractivity contribution in [3.8, 4) is 5.75 Å². The van der Waals surface area contributed by atoms with Gasteiger partial charge in [-0.15, -0.1) is 0 Å². The Morgan fingerprint density at radius 1 is 1.24 bits per heavy atom. The number of benzene rings is 1. The Bertz CT molecular complexity index is 483. The molecule has 0 spiro atoms. The number of hydrogen-bond acceptors (Lipinski definition) is 3. The van der Waals surface area contributed by atoms with Crippen molar-refractivity contribution >= 4 is 0 Å². The largest absolute Gasteiger partial charge is 0.495 e. The van der Waals surface area contributed by atoms with Gasteiger partial charge in [0.1, 0.15) is 5.75 Å². The molecule has 0 aliphatic carbocycles. The first-order chi connectivity index (χ1) is 8.33. The molecule has 88 valence electrons. The third-order valence-corrected chi connectivity index (χ3v) is 2.67. The van der Waals surface area contributed by atoms with Gasteiger partial charge in [0.15, 0.2) is 0 Å². The zero-order valence-corrected chi connectivity index (χ0v) is 9.89. The van der Waals surface area contributed by atoms with Crippen LogP contribution in [0.2, 0.25) is 0 Å². The molecule has 0 aliphatic heterocycles. The molecule has 2 aromatic rings.